The smallest absolute Gasteiger partial charge is 0.406 e. The van der Waals surface area contributed by atoms with Gasteiger partial charge in [-0.3, -0.25) is 9.69 Å². The van der Waals surface area contributed by atoms with Crippen molar-refractivity contribution in [2.45, 2.75) is 31.9 Å². The Hall–Kier alpha value is -2.58. The Balaban J connectivity index is 1.42. The molecule has 1 amide bonds. The van der Waals surface area contributed by atoms with Gasteiger partial charge in [0, 0.05) is 25.3 Å². The molecule has 2 aliphatic heterocycles. The van der Waals surface area contributed by atoms with E-state index in [9.17, 15) is 23.1 Å². The van der Waals surface area contributed by atoms with Gasteiger partial charge in [0.2, 0.25) is 5.91 Å². The number of aliphatic hydroxyl groups is 1. The van der Waals surface area contributed by atoms with Crippen molar-refractivity contribution < 1.29 is 27.8 Å². The molecule has 0 saturated carbocycles. The zero-order valence-electron chi connectivity index (χ0n) is 16.3. The van der Waals surface area contributed by atoms with E-state index >= 15 is 0 Å². The maximum Gasteiger partial charge on any atom is 0.573 e. The molecule has 2 aliphatic rings. The van der Waals surface area contributed by atoms with E-state index in [4.69, 9.17) is 0 Å². The van der Waals surface area contributed by atoms with Gasteiger partial charge >= 0.3 is 6.36 Å². The number of hydrogen-bond donors (Lipinski definition) is 1. The third kappa shape index (κ3) is 4.15. The van der Waals surface area contributed by atoms with Gasteiger partial charge in [-0.05, 0) is 49.2 Å². The molecule has 1 N–H and O–H groups in total. The van der Waals surface area contributed by atoms with Gasteiger partial charge in [0.15, 0.2) is 0 Å². The van der Waals surface area contributed by atoms with Crippen molar-refractivity contribution in [2.24, 2.45) is 5.41 Å². The summed E-state index contributed by atoms with van der Waals surface area (Å²) >= 11 is 0. The fourth-order valence-corrected chi connectivity index (χ4v) is 4.42. The number of benzene rings is 2. The van der Waals surface area contributed by atoms with E-state index in [-0.39, 0.29) is 11.7 Å². The van der Waals surface area contributed by atoms with Gasteiger partial charge in [-0.25, -0.2) is 0 Å². The number of ether oxygens (including phenoxy) is 1. The van der Waals surface area contributed by atoms with Crippen LogP contribution in [0.4, 0.5) is 18.9 Å². The highest BCUT2D eigenvalue weighted by Gasteiger charge is 2.53. The van der Waals surface area contributed by atoms with Crippen LogP contribution in [0.15, 0.2) is 54.6 Å². The average molecular weight is 420 g/mol. The van der Waals surface area contributed by atoms with Crippen molar-refractivity contribution >= 4 is 11.6 Å². The zero-order chi connectivity index (χ0) is 21.4. The van der Waals surface area contributed by atoms with Crippen LogP contribution in [0.1, 0.15) is 18.4 Å². The third-order valence-electron chi connectivity index (χ3n) is 6.03. The Morgan fingerprint density at radius 3 is 2.33 bits per heavy atom. The topological polar surface area (TPSA) is 53.0 Å². The number of rotatable bonds is 4. The number of hydrogen-bond acceptors (Lipinski definition) is 4. The number of likely N-dealkylation sites (tertiary alicyclic amines) is 1. The molecule has 2 fully saturated rings. The van der Waals surface area contributed by atoms with Crippen LogP contribution in [-0.4, -0.2) is 48.0 Å². The molecule has 1 spiro atoms. The van der Waals surface area contributed by atoms with Crippen molar-refractivity contribution in [1.82, 2.24) is 4.90 Å². The summed E-state index contributed by atoms with van der Waals surface area (Å²) in [6.45, 7) is 2.25. The summed E-state index contributed by atoms with van der Waals surface area (Å²) < 4.78 is 40.9. The maximum absolute atomic E-state index is 13.2. The number of piperidine rings is 1. The van der Waals surface area contributed by atoms with Crippen molar-refractivity contribution in [2.75, 3.05) is 24.5 Å². The van der Waals surface area contributed by atoms with Crippen LogP contribution in [0.25, 0.3) is 0 Å². The molecule has 2 heterocycles. The SMILES string of the molecule is O=C1N(c2ccc(OC(F)(F)F)cc2)CC[C@]12CCN(Cc1ccccc1)C[C@@H]2O. The second-order valence-corrected chi connectivity index (χ2v) is 7.89. The molecule has 0 bridgehead atoms. The number of carbonyl (C=O) groups is 1. The first-order chi connectivity index (χ1) is 14.3. The quantitative estimate of drug-likeness (QED) is 0.822. The number of carbonyl (C=O) groups excluding carboxylic acids is 1. The summed E-state index contributed by atoms with van der Waals surface area (Å²) in [4.78, 5) is 16.9. The fraction of sp³-hybridized carbons (Fsp3) is 0.409. The van der Waals surface area contributed by atoms with E-state index in [0.717, 1.165) is 5.56 Å². The van der Waals surface area contributed by atoms with E-state index in [0.29, 0.717) is 44.7 Å². The molecule has 2 aromatic rings. The van der Waals surface area contributed by atoms with E-state index in [1.165, 1.54) is 24.3 Å². The molecular weight excluding hydrogens is 397 g/mol. The highest BCUT2D eigenvalue weighted by molar-refractivity contribution is 6.00. The number of anilines is 1. The largest absolute Gasteiger partial charge is 0.573 e. The first-order valence-corrected chi connectivity index (χ1v) is 9.89. The molecule has 2 atom stereocenters. The fourth-order valence-electron chi connectivity index (χ4n) is 4.42. The number of nitrogens with zero attached hydrogens (tertiary/aromatic N) is 2. The molecule has 0 radical (unpaired) electrons. The first-order valence-electron chi connectivity index (χ1n) is 9.89. The van der Waals surface area contributed by atoms with Gasteiger partial charge in [-0.1, -0.05) is 30.3 Å². The van der Waals surface area contributed by atoms with Crippen LogP contribution >= 0.6 is 0 Å². The summed E-state index contributed by atoms with van der Waals surface area (Å²) in [6.07, 6.45) is -4.48. The third-order valence-corrected chi connectivity index (χ3v) is 6.03. The first kappa shape index (κ1) is 20.7. The molecule has 4 rings (SSSR count). The molecular formula is C22H23F3N2O3. The summed E-state index contributed by atoms with van der Waals surface area (Å²) in [5.74, 6) is -0.499. The monoisotopic (exact) mass is 420 g/mol. The normalized spacial score (nSPS) is 25.1. The number of aliphatic hydroxyl groups excluding tert-OH is 1. The van der Waals surface area contributed by atoms with E-state index in [1.54, 1.807) is 4.90 Å². The summed E-state index contributed by atoms with van der Waals surface area (Å²) in [6, 6.07) is 15.2. The maximum atomic E-state index is 13.2. The van der Waals surface area contributed by atoms with E-state index in [2.05, 4.69) is 9.64 Å². The lowest BCUT2D eigenvalue weighted by molar-refractivity contribution is -0.274. The minimum atomic E-state index is -4.76. The van der Waals surface area contributed by atoms with E-state index < -0.39 is 17.9 Å². The highest BCUT2D eigenvalue weighted by atomic mass is 19.4. The Morgan fingerprint density at radius 1 is 1.03 bits per heavy atom. The number of amides is 1. The average Bonchev–Trinajstić information content (AvgIpc) is 3.03. The van der Waals surface area contributed by atoms with Crippen LogP contribution in [0, 0.1) is 5.41 Å². The summed E-state index contributed by atoms with van der Waals surface area (Å²) in [5.41, 5.74) is 0.820. The Labute approximate surface area is 172 Å². The molecule has 0 unspecified atom stereocenters. The van der Waals surface area contributed by atoms with Crippen LogP contribution in [0.2, 0.25) is 0 Å². The summed E-state index contributed by atoms with van der Waals surface area (Å²) in [7, 11) is 0. The molecule has 8 heteroatoms. The van der Waals surface area contributed by atoms with E-state index in [1.807, 2.05) is 30.3 Å². The summed E-state index contributed by atoms with van der Waals surface area (Å²) in [5, 5.41) is 10.9. The van der Waals surface area contributed by atoms with Crippen molar-refractivity contribution in [3.05, 3.63) is 60.2 Å². The van der Waals surface area contributed by atoms with Crippen LogP contribution in [0.3, 0.4) is 0 Å². The number of β-amino-alcohol motifs (C(OH)–C–C–N with tert-alkyl or cyclic N) is 1. The highest BCUT2D eigenvalue weighted by Crippen LogP contribution is 2.43. The molecule has 0 aromatic heterocycles. The lowest BCUT2D eigenvalue weighted by Crippen LogP contribution is -2.54. The van der Waals surface area contributed by atoms with Gasteiger partial charge in [0.25, 0.3) is 0 Å². The van der Waals surface area contributed by atoms with Crippen LogP contribution in [0.5, 0.6) is 5.75 Å². The zero-order valence-corrected chi connectivity index (χ0v) is 16.3. The molecule has 2 saturated heterocycles. The van der Waals surface area contributed by atoms with Crippen molar-refractivity contribution in [1.29, 1.82) is 0 Å². The lowest BCUT2D eigenvalue weighted by Gasteiger charge is -2.42. The van der Waals surface area contributed by atoms with Crippen molar-refractivity contribution in [3.63, 3.8) is 0 Å². The lowest BCUT2D eigenvalue weighted by atomic mass is 9.74. The van der Waals surface area contributed by atoms with Gasteiger partial charge < -0.3 is 14.7 Å². The van der Waals surface area contributed by atoms with Gasteiger partial charge in [0.1, 0.15) is 5.75 Å². The minimum absolute atomic E-state index is 0.168. The molecule has 0 aliphatic carbocycles. The Morgan fingerprint density at radius 2 is 1.70 bits per heavy atom. The molecule has 2 aromatic carbocycles. The predicted octanol–water partition coefficient (Wildman–Crippen LogP) is 3.58. The Kier molecular flexibility index (Phi) is 5.46. The number of alkyl halides is 3. The van der Waals surface area contributed by atoms with Crippen molar-refractivity contribution in [3.8, 4) is 5.75 Å². The van der Waals surface area contributed by atoms with Gasteiger partial charge in [-0.15, -0.1) is 13.2 Å². The van der Waals surface area contributed by atoms with Gasteiger partial charge in [0.05, 0.1) is 11.5 Å². The van der Waals surface area contributed by atoms with Crippen LogP contribution < -0.4 is 9.64 Å². The molecule has 5 nitrogen and oxygen atoms in total. The molecule has 30 heavy (non-hydrogen) atoms. The van der Waals surface area contributed by atoms with Crippen LogP contribution in [-0.2, 0) is 11.3 Å². The standard InChI is InChI=1S/C22H23F3N2O3/c23-22(24,25)30-18-8-6-17(7-9-18)27-13-11-21(20(27)29)10-12-26(15-19(21)28)14-16-4-2-1-3-5-16/h1-9,19,28H,10-15H2/t19-,21-/m0/s1. The Bertz CT molecular complexity index is 889. The van der Waals surface area contributed by atoms with Gasteiger partial charge in [-0.2, -0.15) is 0 Å². The molecule has 160 valence electrons. The second-order valence-electron chi connectivity index (χ2n) is 7.89. The number of halogens is 3. The minimum Gasteiger partial charge on any atom is -0.406 e. The predicted molar refractivity (Wildman–Crippen MR) is 105 cm³/mol. The second kappa shape index (κ2) is 7.92.